The lowest BCUT2D eigenvalue weighted by atomic mass is 9.43. The average molecular weight is 864 g/mol. The molecule has 336 valence electrons. The largest absolute Gasteiger partial charge is 0.481 e. The summed E-state index contributed by atoms with van der Waals surface area (Å²) in [5.74, 6) is -7.71. The fourth-order valence-electron chi connectivity index (χ4n) is 10.3. The molecule has 2 saturated carbocycles. The maximum absolute atomic E-state index is 15.6. The van der Waals surface area contributed by atoms with Crippen LogP contribution in [0, 0.1) is 22.7 Å². The molecule has 0 spiro atoms. The number of esters is 3. The van der Waals surface area contributed by atoms with Gasteiger partial charge in [-0.2, -0.15) is 0 Å². The molecule has 11 atom stereocenters. The molecule has 16 nitrogen and oxygen atoms in total. The summed E-state index contributed by atoms with van der Waals surface area (Å²) in [6.45, 7) is 12.0. The zero-order valence-electron chi connectivity index (χ0n) is 36.2. The van der Waals surface area contributed by atoms with Crippen molar-refractivity contribution in [3.05, 3.63) is 82.9 Å². The second kappa shape index (κ2) is 16.8. The first-order valence-corrected chi connectivity index (χ1v) is 20.8. The van der Waals surface area contributed by atoms with E-state index in [1.54, 1.807) is 90.1 Å². The van der Waals surface area contributed by atoms with Crippen LogP contribution in [0.15, 0.2) is 71.8 Å². The van der Waals surface area contributed by atoms with Crippen LogP contribution >= 0.6 is 0 Å². The Labute approximate surface area is 359 Å². The van der Waals surface area contributed by atoms with E-state index in [0.29, 0.717) is 5.56 Å². The van der Waals surface area contributed by atoms with Crippen LogP contribution in [0.3, 0.4) is 0 Å². The molecule has 5 N–H and O–H groups in total. The van der Waals surface area contributed by atoms with Crippen LogP contribution in [0.5, 0.6) is 0 Å². The van der Waals surface area contributed by atoms with Crippen LogP contribution < -0.4 is 5.32 Å². The molecule has 1 amide bonds. The maximum atomic E-state index is 15.6. The van der Waals surface area contributed by atoms with Crippen molar-refractivity contribution in [1.82, 2.24) is 5.32 Å². The second-order valence-electron chi connectivity index (χ2n) is 18.7. The molecular weight excluding hydrogens is 806 g/mol. The third kappa shape index (κ3) is 8.13. The number of carboxylic acid groups (broad SMARTS) is 1. The lowest BCUT2D eigenvalue weighted by Gasteiger charge is -2.67. The van der Waals surface area contributed by atoms with E-state index in [9.17, 15) is 44.4 Å². The van der Waals surface area contributed by atoms with Crippen molar-refractivity contribution in [3.63, 3.8) is 0 Å². The summed E-state index contributed by atoms with van der Waals surface area (Å²) in [7, 11) is 0. The number of aliphatic carboxylic acids is 1. The number of aliphatic hydroxyl groups excluding tert-OH is 2. The van der Waals surface area contributed by atoms with E-state index >= 15 is 4.79 Å². The van der Waals surface area contributed by atoms with E-state index < -0.39 is 125 Å². The number of hydrogen-bond acceptors (Lipinski definition) is 14. The second-order valence-corrected chi connectivity index (χ2v) is 18.7. The van der Waals surface area contributed by atoms with Gasteiger partial charge in [-0.05, 0) is 69.9 Å². The quantitative estimate of drug-likeness (QED) is 0.120. The van der Waals surface area contributed by atoms with Gasteiger partial charge in [-0.3, -0.25) is 14.4 Å². The smallest absolute Gasteiger partial charge is 0.408 e. The first-order valence-electron chi connectivity index (χ1n) is 20.8. The van der Waals surface area contributed by atoms with Gasteiger partial charge in [0.05, 0.1) is 35.6 Å². The summed E-state index contributed by atoms with van der Waals surface area (Å²) in [4.78, 5) is 82.4. The van der Waals surface area contributed by atoms with E-state index in [2.05, 4.69) is 5.32 Å². The Morgan fingerprint density at radius 1 is 0.968 bits per heavy atom. The van der Waals surface area contributed by atoms with Crippen molar-refractivity contribution >= 4 is 35.8 Å². The van der Waals surface area contributed by atoms with Crippen LogP contribution in [0.1, 0.15) is 103 Å². The summed E-state index contributed by atoms with van der Waals surface area (Å²) >= 11 is 0. The van der Waals surface area contributed by atoms with E-state index in [0.717, 1.165) is 6.92 Å². The lowest BCUT2D eigenvalue weighted by molar-refractivity contribution is -0.345. The molecule has 6 rings (SSSR count). The first-order chi connectivity index (χ1) is 28.9. The predicted octanol–water partition coefficient (Wildman–Crippen LogP) is 4.38. The lowest BCUT2D eigenvalue weighted by Crippen LogP contribution is -2.81. The minimum atomic E-state index is -2.35. The van der Waals surface area contributed by atoms with Crippen molar-refractivity contribution in [1.29, 1.82) is 0 Å². The molecule has 3 fully saturated rings. The van der Waals surface area contributed by atoms with Gasteiger partial charge in [0, 0.05) is 37.5 Å². The number of nitrogens with one attached hydrogen (secondary N) is 1. The Morgan fingerprint density at radius 3 is 2.13 bits per heavy atom. The van der Waals surface area contributed by atoms with E-state index in [-0.39, 0.29) is 36.2 Å². The maximum Gasteiger partial charge on any atom is 0.408 e. The fourth-order valence-corrected chi connectivity index (χ4v) is 10.3. The number of fused-ring (bicyclic) bond motifs is 5. The number of ketones is 1. The van der Waals surface area contributed by atoms with Gasteiger partial charge in [0.25, 0.3) is 0 Å². The van der Waals surface area contributed by atoms with Crippen molar-refractivity contribution in [2.75, 3.05) is 6.61 Å². The third-order valence-electron chi connectivity index (χ3n) is 13.4. The molecule has 2 bridgehead atoms. The molecule has 3 aliphatic carbocycles. The number of ether oxygens (including phenoxy) is 5. The molecule has 0 radical (unpaired) electrons. The highest BCUT2D eigenvalue weighted by molar-refractivity contribution is 5.93. The van der Waals surface area contributed by atoms with Crippen LogP contribution in [0.4, 0.5) is 4.79 Å². The Hall–Kier alpha value is -5.16. The van der Waals surface area contributed by atoms with Crippen LogP contribution in [-0.2, 0) is 42.9 Å². The van der Waals surface area contributed by atoms with Gasteiger partial charge in [0.1, 0.15) is 35.3 Å². The number of hydrogen-bond donors (Lipinski definition) is 5. The Morgan fingerprint density at radius 2 is 1.58 bits per heavy atom. The number of alkyl carbamates (subject to hydrolysis) is 1. The summed E-state index contributed by atoms with van der Waals surface area (Å²) in [6, 6.07) is 14.6. The Balaban J connectivity index is 1.54. The van der Waals surface area contributed by atoms with Gasteiger partial charge in [-0.1, -0.05) is 62.4 Å². The average Bonchev–Trinajstić information content (AvgIpc) is 3.19. The molecular formula is C46H57NO15. The monoisotopic (exact) mass is 863 g/mol. The van der Waals surface area contributed by atoms with Crippen molar-refractivity contribution in [2.45, 2.75) is 134 Å². The van der Waals surface area contributed by atoms with Gasteiger partial charge in [-0.15, -0.1) is 0 Å². The van der Waals surface area contributed by atoms with Crippen molar-refractivity contribution in [2.24, 2.45) is 22.7 Å². The summed E-state index contributed by atoms with van der Waals surface area (Å²) < 4.78 is 29.9. The number of rotatable bonds is 11. The zero-order valence-corrected chi connectivity index (χ0v) is 36.2. The molecule has 1 unspecified atom stereocenters. The van der Waals surface area contributed by atoms with Gasteiger partial charge in [0.15, 0.2) is 11.7 Å². The number of Topliss-reactive ketones (excluding diaryl/α,β-unsaturated/α-hetero) is 1. The highest BCUT2D eigenvalue weighted by Crippen LogP contribution is 2.65. The molecule has 1 heterocycles. The molecule has 1 aliphatic heterocycles. The Kier molecular flexibility index (Phi) is 12.6. The van der Waals surface area contributed by atoms with Gasteiger partial charge >= 0.3 is 30.0 Å². The molecule has 2 aromatic carbocycles. The standard InChI is InChI=1S/C46H57NO15/c1-24-29(59-40(55)35(52)34(26-15-11-9-12-16-26)47-41(56)62-42(3,4)5)22-46(57)38(60-39(54)27-17-13-10-14-18-27)36-44(8,30(49)21-31-45(36,23-58-31)61-25(2)48)37(53)28(19-20-32(50)51)33(24)43(46,6)7/h9-18,28-31,34-36,38,49,52,57H,19-23H2,1-8H3,(H,47,56)(H,50,51)/t28-,29+,30+,31?,34+,35-,36+,38+,44-,45+,46-/m1/s1. The third-order valence-corrected chi connectivity index (χ3v) is 13.4. The van der Waals surface area contributed by atoms with Gasteiger partial charge in [-0.25, -0.2) is 14.4 Å². The first kappa shape index (κ1) is 46.3. The number of carboxylic acids is 1. The number of amides is 1. The summed E-state index contributed by atoms with van der Waals surface area (Å²) in [5, 5.41) is 50.0. The van der Waals surface area contributed by atoms with Crippen molar-refractivity contribution in [3.8, 4) is 0 Å². The molecule has 16 heteroatoms. The molecule has 4 aliphatic rings. The number of aliphatic hydroxyl groups is 3. The molecule has 2 aromatic rings. The minimum absolute atomic E-state index is 0.0703. The Bertz CT molecular complexity index is 2110. The SMILES string of the molecule is CC(=O)O[C@@]12COC1C[C@H](O)[C@@]1(C)C(=O)[C@H](CCC(=O)O)C3=C(C)[C@@H](OC(=O)[C@H](O)[C@@H](NC(=O)OC(C)(C)C)c4ccccc4)C[C@@](O)([C@@H](OC(=O)c4ccccc4)[C@@H]12)C3(C)C. The zero-order chi connectivity index (χ0) is 45.7. The van der Waals surface area contributed by atoms with E-state index in [4.69, 9.17) is 23.7 Å². The van der Waals surface area contributed by atoms with E-state index in [1.165, 1.54) is 19.1 Å². The van der Waals surface area contributed by atoms with Crippen LogP contribution in [0.25, 0.3) is 0 Å². The highest BCUT2D eigenvalue weighted by atomic mass is 16.6. The normalized spacial score (nSPS) is 32.2. The topological polar surface area (TPSA) is 242 Å². The summed E-state index contributed by atoms with van der Waals surface area (Å²) in [5.41, 5.74) is -7.77. The number of benzene rings is 2. The molecule has 0 aromatic heterocycles. The van der Waals surface area contributed by atoms with E-state index in [1.807, 2.05) is 0 Å². The van der Waals surface area contributed by atoms with Gasteiger partial charge < -0.3 is 49.4 Å². The minimum Gasteiger partial charge on any atom is -0.481 e. The number of carbonyl (C=O) groups is 6. The highest BCUT2D eigenvalue weighted by Gasteiger charge is 2.78. The fraction of sp³-hybridized carbons (Fsp3) is 0.565. The summed E-state index contributed by atoms with van der Waals surface area (Å²) in [6.07, 6.45) is -10.4. The molecule has 62 heavy (non-hydrogen) atoms. The van der Waals surface area contributed by atoms with Gasteiger partial charge in [0.2, 0.25) is 0 Å². The van der Waals surface area contributed by atoms with Crippen molar-refractivity contribution < 1.29 is 72.9 Å². The molecule has 1 saturated heterocycles. The predicted molar refractivity (Wildman–Crippen MR) is 218 cm³/mol. The van der Waals surface area contributed by atoms with Crippen LogP contribution in [-0.4, -0.2) is 110 Å². The van der Waals surface area contributed by atoms with Crippen LogP contribution in [0.2, 0.25) is 0 Å². The number of carbonyl (C=O) groups excluding carboxylic acids is 5.